The zero-order valence-corrected chi connectivity index (χ0v) is 11.6. The fraction of sp³-hybridized carbons (Fsp3) is 0.267. The summed E-state index contributed by atoms with van der Waals surface area (Å²) < 4.78 is 5.41. The molecule has 1 aromatic carbocycles. The molecule has 1 atom stereocenters. The van der Waals surface area contributed by atoms with Crippen LogP contribution in [-0.4, -0.2) is 6.61 Å². The Bertz CT molecular complexity index is 546. The highest BCUT2D eigenvalue weighted by Gasteiger charge is 2.08. The van der Waals surface area contributed by atoms with Crippen LogP contribution in [-0.2, 0) is 6.54 Å². The maximum atomic E-state index is 8.57. The third-order valence-corrected chi connectivity index (χ3v) is 3.89. The molecule has 1 N–H and O–H groups in total. The molecule has 0 bridgehead atoms. The topological polar surface area (TPSA) is 45.0 Å². The summed E-state index contributed by atoms with van der Waals surface area (Å²) in [5, 5.41) is 14.1. The molecule has 0 radical (unpaired) electrons. The highest BCUT2D eigenvalue weighted by molar-refractivity contribution is 7.10. The SMILES string of the molecule is CC(NCc1ccccc1OCC#N)c1cccs1. The third kappa shape index (κ3) is 3.82. The molecule has 1 unspecified atom stereocenters. The van der Waals surface area contributed by atoms with E-state index in [4.69, 9.17) is 10.00 Å². The first-order valence-electron chi connectivity index (χ1n) is 6.15. The lowest BCUT2D eigenvalue weighted by atomic mass is 10.2. The van der Waals surface area contributed by atoms with Crippen molar-refractivity contribution in [2.45, 2.75) is 19.5 Å². The standard InChI is InChI=1S/C15H16N2OS/c1-12(15-7-4-10-19-15)17-11-13-5-2-3-6-14(13)18-9-8-16/h2-7,10,12,17H,9,11H2,1H3. The largest absolute Gasteiger partial charge is 0.478 e. The van der Waals surface area contributed by atoms with Crippen molar-refractivity contribution in [2.24, 2.45) is 0 Å². The van der Waals surface area contributed by atoms with E-state index in [9.17, 15) is 0 Å². The van der Waals surface area contributed by atoms with Gasteiger partial charge in [-0.15, -0.1) is 11.3 Å². The van der Waals surface area contributed by atoms with Gasteiger partial charge in [-0.1, -0.05) is 24.3 Å². The average Bonchev–Trinajstić information content (AvgIpc) is 2.97. The summed E-state index contributed by atoms with van der Waals surface area (Å²) in [7, 11) is 0. The van der Waals surface area contributed by atoms with Gasteiger partial charge in [-0.2, -0.15) is 5.26 Å². The van der Waals surface area contributed by atoms with Crippen LogP contribution in [0.5, 0.6) is 5.75 Å². The molecule has 0 saturated heterocycles. The summed E-state index contributed by atoms with van der Waals surface area (Å²) in [5.74, 6) is 0.773. The molecule has 0 aliphatic rings. The lowest BCUT2D eigenvalue weighted by molar-refractivity contribution is 0.362. The second kappa shape index (κ2) is 6.93. The van der Waals surface area contributed by atoms with Crippen molar-refractivity contribution < 1.29 is 4.74 Å². The van der Waals surface area contributed by atoms with E-state index in [1.54, 1.807) is 11.3 Å². The van der Waals surface area contributed by atoms with Gasteiger partial charge < -0.3 is 10.1 Å². The molecule has 0 saturated carbocycles. The number of thiophene rings is 1. The second-order valence-electron chi connectivity index (χ2n) is 4.17. The number of hydrogen-bond acceptors (Lipinski definition) is 4. The number of nitrogens with zero attached hydrogens (tertiary/aromatic N) is 1. The number of benzene rings is 1. The Morgan fingerprint density at radius 3 is 2.89 bits per heavy atom. The molecule has 0 spiro atoms. The van der Waals surface area contributed by atoms with E-state index in [0.29, 0.717) is 6.04 Å². The quantitative estimate of drug-likeness (QED) is 0.875. The minimum atomic E-state index is 0.0808. The first kappa shape index (κ1) is 13.6. The van der Waals surface area contributed by atoms with Crippen molar-refractivity contribution in [1.29, 1.82) is 5.26 Å². The molecular formula is C15H16N2OS. The van der Waals surface area contributed by atoms with Crippen LogP contribution in [0.3, 0.4) is 0 Å². The maximum Gasteiger partial charge on any atom is 0.174 e. The van der Waals surface area contributed by atoms with Crippen LogP contribution in [0.1, 0.15) is 23.4 Å². The predicted molar refractivity (Wildman–Crippen MR) is 77.1 cm³/mol. The van der Waals surface area contributed by atoms with Crippen LogP contribution < -0.4 is 10.1 Å². The van der Waals surface area contributed by atoms with Gasteiger partial charge in [0.1, 0.15) is 11.8 Å². The Balaban J connectivity index is 1.97. The third-order valence-electron chi connectivity index (χ3n) is 2.83. The molecular weight excluding hydrogens is 256 g/mol. The first-order chi connectivity index (χ1) is 9.31. The fourth-order valence-corrected chi connectivity index (χ4v) is 2.56. The monoisotopic (exact) mass is 272 g/mol. The number of nitrogens with one attached hydrogen (secondary N) is 1. The summed E-state index contributed by atoms with van der Waals surface area (Å²) in [6, 6.07) is 14.3. The van der Waals surface area contributed by atoms with Crippen LogP contribution in [0.4, 0.5) is 0 Å². The molecule has 0 amide bonds. The van der Waals surface area contributed by atoms with Crippen molar-refractivity contribution in [2.75, 3.05) is 6.61 Å². The van der Waals surface area contributed by atoms with Crippen molar-refractivity contribution in [3.8, 4) is 11.8 Å². The molecule has 1 heterocycles. The molecule has 19 heavy (non-hydrogen) atoms. The normalized spacial score (nSPS) is 11.8. The molecule has 2 aromatic rings. The first-order valence-corrected chi connectivity index (χ1v) is 7.03. The smallest absolute Gasteiger partial charge is 0.174 e. The summed E-state index contributed by atoms with van der Waals surface area (Å²) in [5.41, 5.74) is 1.07. The van der Waals surface area contributed by atoms with Gasteiger partial charge in [-0.3, -0.25) is 0 Å². The Morgan fingerprint density at radius 2 is 2.16 bits per heavy atom. The van der Waals surface area contributed by atoms with Crippen LogP contribution in [0.25, 0.3) is 0 Å². The molecule has 2 rings (SSSR count). The molecule has 0 fully saturated rings. The second-order valence-corrected chi connectivity index (χ2v) is 5.15. The average molecular weight is 272 g/mol. The van der Waals surface area contributed by atoms with Gasteiger partial charge in [0.25, 0.3) is 0 Å². The van der Waals surface area contributed by atoms with Gasteiger partial charge in [0.05, 0.1) is 0 Å². The van der Waals surface area contributed by atoms with Gasteiger partial charge in [0.2, 0.25) is 0 Å². The highest BCUT2D eigenvalue weighted by Crippen LogP contribution is 2.21. The van der Waals surface area contributed by atoms with E-state index in [2.05, 4.69) is 29.8 Å². The summed E-state index contributed by atoms with van der Waals surface area (Å²) in [4.78, 5) is 1.32. The predicted octanol–water partition coefficient (Wildman–Crippen LogP) is 3.50. The molecule has 98 valence electrons. The van der Waals surface area contributed by atoms with E-state index in [0.717, 1.165) is 17.9 Å². The zero-order valence-electron chi connectivity index (χ0n) is 10.8. The van der Waals surface area contributed by atoms with E-state index in [-0.39, 0.29) is 6.61 Å². The lowest BCUT2D eigenvalue weighted by Gasteiger charge is -2.14. The van der Waals surface area contributed by atoms with E-state index in [1.165, 1.54) is 4.88 Å². The zero-order chi connectivity index (χ0) is 13.5. The molecule has 1 aromatic heterocycles. The summed E-state index contributed by atoms with van der Waals surface area (Å²) in [6.07, 6.45) is 0. The molecule has 0 aliphatic carbocycles. The molecule has 4 heteroatoms. The van der Waals surface area contributed by atoms with Gasteiger partial charge in [-0.25, -0.2) is 0 Å². The number of hydrogen-bond donors (Lipinski definition) is 1. The number of ether oxygens (including phenoxy) is 1. The van der Waals surface area contributed by atoms with Crippen molar-refractivity contribution in [1.82, 2.24) is 5.32 Å². The number of para-hydroxylation sites is 1. The van der Waals surface area contributed by atoms with Gasteiger partial charge >= 0.3 is 0 Å². The molecule has 3 nitrogen and oxygen atoms in total. The lowest BCUT2D eigenvalue weighted by Crippen LogP contribution is -2.17. The Kier molecular flexibility index (Phi) is 4.96. The van der Waals surface area contributed by atoms with Crippen LogP contribution >= 0.6 is 11.3 Å². The molecule has 0 aliphatic heterocycles. The number of nitriles is 1. The van der Waals surface area contributed by atoms with E-state index < -0.39 is 0 Å². The van der Waals surface area contributed by atoms with Crippen molar-refractivity contribution in [3.05, 3.63) is 52.2 Å². The fourth-order valence-electron chi connectivity index (χ4n) is 1.80. The van der Waals surface area contributed by atoms with Gasteiger partial charge in [0, 0.05) is 23.0 Å². The Labute approximate surface area is 117 Å². The Hall–Kier alpha value is -1.83. The number of rotatable bonds is 6. The van der Waals surface area contributed by atoms with Crippen molar-refractivity contribution >= 4 is 11.3 Å². The van der Waals surface area contributed by atoms with Gasteiger partial charge in [-0.05, 0) is 24.4 Å². The van der Waals surface area contributed by atoms with Crippen LogP contribution in [0.2, 0.25) is 0 Å². The summed E-state index contributed by atoms with van der Waals surface area (Å²) in [6.45, 7) is 2.95. The highest BCUT2D eigenvalue weighted by atomic mass is 32.1. The van der Waals surface area contributed by atoms with Crippen molar-refractivity contribution in [3.63, 3.8) is 0 Å². The minimum absolute atomic E-state index is 0.0808. The van der Waals surface area contributed by atoms with Crippen LogP contribution in [0.15, 0.2) is 41.8 Å². The van der Waals surface area contributed by atoms with E-state index >= 15 is 0 Å². The maximum absolute atomic E-state index is 8.57. The minimum Gasteiger partial charge on any atom is -0.478 e. The van der Waals surface area contributed by atoms with E-state index in [1.807, 2.05) is 30.3 Å². The van der Waals surface area contributed by atoms with Crippen LogP contribution in [0, 0.1) is 11.3 Å². The summed E-state index contributed by atoms with van der Waals surface area (Å²) >= 11 is 1.75. The Morgan fingerprint density at radius 1 is 1.32 bits per heavy atom. The van der Waals surface area contributed by atoms with Gasteiger partial charge in [0.15, 0.2) is 6.61 Å².